The van der Waals surface area contributed by atoms with Gasteiger partial charge in [-0.2, -0.15) is 0 Å². The van der Waals surface area contributed by atoms with Crippen molar-refractivity contribution in [2.75, 3.05) is 18.4 Å². The van der Waals surface area contributed by atoms with E-state index in [0.29, 0.717) is 12.4 Å². The minimum absolute atomic E-state index is 0.00926. The molecular weight excluding hydrogens is 260 g/mol. The molecule has 0 aliphatic rings. The second-order valence-corrected chi connectivity index (χ2v) is 4.65. The third-order valence-electron chi connectivity index (χ3n) is 2.54. The highest BCUT2D eigenvalue weighted by atomic mass is 16.4. The van der Waals surface area contributed by atoms with E-state index in [2.05, 4.69) is 20.6 Å². The monoisotopic (exact) mass is 280 g/mol. The maximum atomic E-state index is 11.5. The number of hydrogen-bond donors (Lipinski definition) is 3. The molecule has 0 radical (unpaired) electrons. The van der Waals surface area contributed by atoms with E-state index in [9.17, 15) is 9.59 Å². The summed E-state index contributed by atoms with van der Waals surface area (Å²) in [4.78, 5) is 30.8. The van der Waals surface area contributed by atoms with Crippen molar-refractivity contribution >= 4 is 17.6 Å². The first-order chi connectivity index (χ1) is 9.45. The Hall–Kier alpha value is -2.18. The number of nitrogens with zero attached hydrogens (tertiary/aromatic N) is 2. The largest absolute Gasteiger partial charge is 0.476 e. The second kappa shape index (κ2) is 7.42. The van der Waals surface area contributed by atoms with Crippen molar-refractivity contribution in [2.24, 2.45) is 0 Å². The van der Waals surface area contributed by atoms with Crippen LogP contribution in [0.15, 0.2) is 6.20 Å². The maximum absolute atomic E-state index is 11.5. The average molecular weight is 280 g/mol. The molecule has 0 atom stereocenters. The summed E-state index contributed by atoms with van der Waals surface area (Å²) in [5.74, 6) is -0.847. The van der Waals surface area contributed by atoms with Gasteiger partial charge in [-0.3, -0.25) is 4.79 Å². The van der Waals surface area contributed by atoms with Gasteiger partial charge in [0.1, 0.15) is 5.82 Å². The summed E-state index contributed by atoms with van der Waals surface area (Å²) in [6.07, 6.45) is 2.25. The molecule has 20 heavy (non-hydrogen) atoms. The molecular formula is C13H20N4O3. The highest BCUT2D eigenvalue weighted by Crippen LogP contribution is 2.16. The third-order valence-corrected chi connectivity index (χ3v) is 2.54. The highest BCUT2D eigenvalue weighted by Gasteiger charge is 2.16. The first kappa shape index (κ1) is 15.9. The molecule has 0 bridgehead atoms. The Bertz CT molecular complexity index is 489. The van der Waals surface area contributed by atoms with Gasteiger partial charge in [-0.15, -0.1) is 0 Å². The number of hydrogen-bond acceptors (Lipinski definition) is 5. The summed E-state index contributed by atoms with van der Waals surface area (Å²) in [5, 5.41) is 14.6. The van der Waals surface area contributed by atoms with Crippen molar-refractivity contribution in [3.05, 3.63) is 17.7 Å². The zero-order valence-electron chi connectivity index (χ0n) is 11.9. The number of anilines is 1. The lowest BCUT2D eigenvalue weighted by molar-refractivity contribution is -0.119. The van der Waals surface area contributed by atoms with E-state index in [4.69, 9.17) is 5.11 Å². The molecule has 1 heterocycles. The molecule has 0 unspecified atom stereocenters. The average Bonchev–Trinajstić information content (AvgIpc) is 2.42. The highest BCUT2D eigenvalue weighted by molar-refractivity contribution is 5.92. The van der Waals surface area contributed by atoms with Gasteiger partial charge in [0.05, 0.1) is 18.4 Å². The Morgan fingerprint density at radius 2 is 2.10 bits per heavy atom. The van der Waals surface area contributed by atoms with Crippen molar-refractivity contribution < 1.29 is 14.7 Å². The second-order valence-electron chi connectivity index (χ2n) is 4.65. The number of carbonyl (C=O) groups is 2. The van der Waals surface area contributed by atoms with E-state index >= 15 is 0 Å². The molecule has 0 spiro atoms. The Kier molecular flexibility index (Phi) is 5.89. The van der Waals surface area contributed by atoms with Crippen LogP contribution in [-0.4, -0.2) is 40.0 Å². The molecule has 3 N–H and O–H groups in total. The predicted molar refractivity (Wildman–Crippen MR) is 74.9 cm³/mol. The molecule has 110 valence electrons. The van der Waals surface area contributed by atoms with Crippen LogP contribution >= 0.6 is 0 Å². The van der Waals surface area contributed by atoms with Crippen molar-refractivity contribution in [1.29, 1.82) is 0 Å². The van der Waals surface area contributed by atoms with E-state index in [1.54, 1.807) is 0 Å². The van der Waals surface area contributed by atoms with Crippen LogP contribution < -0.4 is 10.6 Å². The van der Waals surface area contributed by atoms with Crippen molar-refractivity contribution in [3.8, 4) is 0 Å². The van der Waals surface area contributed by atoms with E-state index in [-0.39, 0.29) is 29.8 Å². The molecule has 1 aromatic rings. The zero-order chi connectivity index (χ0) is 15.1. The minimum atomic E-state index is -1.15. The van der Waals surface area contributed by atoms with E-state index in [1.165, 1.54) is 6.20 Å². The SMILES string of the molecule is CCCNC(=O)CNc1cnc(C(C)C)nc1C(=O)O. The fourth-order valence-electron chi connectivity index (χ4n) is 1.47. The van der Waals surface area contributed by atoms with Gasteiger partial charge in [0.15, 0.2) is 5.69 Å². The normalized spacial score (nSPS) is 10.4. The predicted octanol–water partition coefficient (Wildman–Crippen LogP) is 1.24. The van der Waals surface area contributed by atoms with Crippen LogP contribution in [0.2, 0.25) is 0 Å². The molecule has 7 nitrogen and oxygen atoms in total. The fourth-order valence-corrected chi connectivity index (χ4v) is 1.47. The van der Waals surface area contributed by atoms with Gasteiger partial charge in [0, 0.05) is 12.5 Å². The van der Waals surface area contributed by atoms with Crippen molar-refractivity contribution in [2.45, 2.75) is 33.1 Å². The summed E-state index contributed by atoms with van der Waals surface area (Å²) < 4.78 is 0. The molecule has 0 aromatic carbocycles. The number of amides is 1. The molecule has 0 saturated carbocycles. The Morgan fingerprint density at radius 1 is 1.40 bits per heavy atom. The topological polar surface area (TPSA) is 104 Å². The van der Waals surface area contributed by atoms with Gasteiger partial charge in [-0.05, 0) is 6.42 Å². The summed E-state index contributed by atoms with van der Waals surface area (Å²) in [7, 11) is 0. The minimum Gasteiger partial charge on any atom is -0.476 e. The summed E-state index contributed by atoms with van der Waals surface area (Å²) >= 11 is 0. The lowest BCUT2D eigenvalue weighted by atomic mass is 10.2. The number of rotatable bonds is 7. The van der Waals surface area contributed by atoms with Crippen LogP contribution in [0.5, 0.6) is 0 Å². The number of carboxylic acids is 1. The Morgan fingerprint density at radius 3 is 2.65 bits per heavy atom. The Labute approximate surface area is 117 Å². The molecule has 1 aromatic heterocycles. The standard InChI is InChI=1S/C13H20N4O3/c1-4-5-14-10(18)7-15-9-6-16-12(8(2)3)17-11(9)13(19)20/h6,8,15H,4-5,7H2,1-3H3,(H,14,18)(H,19,20). The zero-order valence-corrected chi connectivity index (χ0v) is 11.9. The number of carboxylic acid groups (broad SMARTS) is 1. The molecule has 0 saturated heterocycles. The quantitative estimate of drug-likeness (QED) is 0.694. The van der Waals surface area contributed by atoms with Gasteiger partial charge in [-0.1, -0.05) is 20.8 Å². The van der Waals surface area contributed by atoms with Crippen molar-refractivity contribution in [3.63, 3.8) is 0 Å². The molecule has 0 aliphatic heterocycles. The van der Waals surface area contributed by atoms with Crippen LogP contribution in [0.1, 0.15) is 49.4 Å². The number of carbonyl (C=O) groups excluding carboxylic acids is 1. The number of nitrogens with one attached hydrogen (secondary N) is 2. The van der Waals surface area contributed by atoms with Gasteiger partial charge in [0.2, 0.25) is 5.91 Å². The lowest BCUT2D eigenvalue weighted by Crippen LogP contribution is -2.30. The third kappa shape index (κ3) is 4.49. The lowest BCUT2D eigenvalue weighted by Gasteiger charge is -2.11. The molecule has 0 aliphatic carbocycles. The van der Waals surface area contributed by atoms with Gasteiger partial charge in [0.25, 0.3) is 0 Å². The van der Waals surface area contributed by atoms with E-state index in [1.807, 2.05) is 20.8 Å². The summed E-state index contributed by atoms with van der Waals surface area (Å²) in [6.45, 7) is 6.30. The number of aromatic nitrogens is 2. The fraction of sp³-hybridized carbons (Fsp3) is 0.538. The number of aromatic carboxylic acids is 1. The molecule has 0 fully saturated rings. The van der Waals surface area contributed by atoms with Gasteiger partial charge >= 0.3 is 5.97 Å². The van der Waals surface area contributed by atoms with Gasteiger partial charge in [-0.25, -0.2) is 14.8 Å². The molecule has 1 amide bonds. The molecule has 1 rings (SSSR count). The van der Waals surface area contributed by atoms with Crippen LogP contribution in [0.4, 0.5) is 5.69 Å². The van der Waals surface area contributed by atoms with Crippen LogP contribution in [-0.2, 0) is 4.79 Å². The summed E-state index contributed by atoms with van der Waals surface area (Å²) in [6, 6.07) is 0. The summed E-state index contributed by atoms with van der Waals surface area (Å²) in [5.41, 5.74) is 0.125. The van der Waals surface area contributed by atoms with Crippen LogP contribution in [0.3, 0.4) is 0 Å². The van der Waals surface area contributed by atoms with E-state index in [0.717, 1.165) is 6.42 Å². The van der Waals surface area contributed by atoms with Crippen LogP contribution in [0, 0.1) is 0 Å². The van der Waals surface area contributed by atoms with Crippen LogP contribution in [0.25, 0.3) is 0 Å². The van der Waals surface area contributed by atoms with E-state index < -0.39 is 5.97 Å². The first-order valence-corrected chi connectivity index (χ1v) is 6.56. The van der Waals surface area contributed by atoms with Crippen molar-refractivity contribution in [1.82, 2.24) is 15.3 Å². The Balaban J connectivity index is 2.79. The smallest absolute Gasteiger partial charge is 0.356 e. The maximum Gasteiger partial charge on any atom is 0.356 e. The first-order valence-electron chi connectivity index (χ1n) is 6.56. The molecule has 7 heteroatoms. The van der Waals surface area contributed by atoms with Gasteiger partial charge < -0.3 is 15.7 Å².